The molecule has 0 bridgehead atoms. The van der Waals surface area contributed by atoms with Crippen molar-refractivity contribution < 1.29 is 13.2 Å². The molecule has 0 unspecified atom stereocenters. The fourth-order valence-corrected chi connectivity index (χ4v) is 2.35. The zero-order chi connectivity index (χ0) is 14.8. The molecule has 0 radical (unpaired) electrons. The van der Waals surface area contributed by atoms with Crippen LogP contribution in [0.3, 0.4) is 0 Å². The van der Waals surface area contributed by atoms with Crippen LogP contribution in [-0.2, 0) is 10.0 Å². The van der Waals surface area contributed by atoms with E-state index in [0.29, 0.717) is 11.3 Å². The van der Waals surface area contributed by atoms with Crippen LogP contribution in [0, 0.1) is 6.92 Å². The van der Waals surface area contributed by atoms with Gasteiger partial charge in [-0.15, -0.1) is 0 Å². The van der Waals surface area contributed by atoms with E-state index in [2.05, 4.69) is 5.32 Å². The van der Waals surface area contributed by atoms with Crippen LogP contribution in [0.25, 0.3) is 0 Å². The molecule has 1 aromatic carbocycles. The van der Waals surface area contributed by atoms with Gasteiger partial charge in [-0.2, -0.15) is 0 Å². The van der Waals surface area contributed by atoms with E-state index in [0.717, 1.165) is 0 Å². The number of nitrogens with two attached hydrogens (primary N) is 1. The van der Waals surface area contributed by atoms with Crippen molar-refractivity contribution in [1.29, 1.82) is 0 Å². The van der Waals surface area contributed by atoms with Gasteiger partial charge in [0.1, 0.15) is 0 Å². The maximum absolute atomic E-state index is 12.0. The number of urea groups is 1. The molecular weight excluding hydrogens is 266 g/mol. The quantitative estimate of drug-likeness (QED) is 0.714. The number of nitrogen functional groups attached to an aromatic ring is 1. The Kier molecular flexibility index (Phi) is 4.09. The number of anilines is 1. The van der Waals surface area contributed by atoms with Gasteiger partial charge in [0.05, 0.1) is 4.90 Å². The zero-order valence-electron chi connectivity index (χ0n) is 11.4. The van der Waals surface area contributed by atoms with Gasteiger partial charge in [0.2, 0.25) is 0 Å². The summed E-state index contributed by atoms with van der Waals surface area (Å²) in [6, 6.07) is 3.50. The second-order valence-electron chi connectivity index (χ2n) is 5.33. The van der Waals surface area contributed by atoms with Crippen LogP contribution >= 0.6 is 0 Å². The van der Waals surface area contributed by atoms with Crippen molar-refractivity contribution in [3.05, 3.63) is 23.8 Å². The second kappa shape index (κ2) is 5.08. The van der Waals surface area contributed by atoms with E-state index in [4.69, 9.17) is 5.73 Å². The van der Waals surface area contributed by atoms with Gasteiger partial charge >= 0.3 is 6.03 Å². The predicted octanol–water partition coefficient (Wildman–Crippen LogP) is 1.36. The molecule has 0 saturated carbocycles. The highest BCUT2D eigenvalue weighted by molar-refractivity contribution is 7.90. The van der Waals surface area contributed by atoms with Gasteiger partial charge in [0.25, 0.3) is 10.0 Å². The molecule has 106 valence electrons. The Morgan fingerprint density at radius 3 is 2.32 bits per heavy atom. The Labute approximate surface area is 113 Å². The van der Waals surface area contributed by atoms with Crippen molar-refractivity contribution in [2.45, 2.75) is 38.1 Å². The van der Waals surface area contributed by atoms with Gasteiger partial charge in [-0.05, 0) is 51.5 Å². The molecule has 0 aliphatic carbocycles. The molecule has 0 atom stereocenters. The molecule has 0 fully saturated rings. The van der Waals surface area contributed by atoms with Gasteiger partial charge < -0.3 is 11.1 Å². The van der Waals surface area contributed by atoms with Crippen molar-refractivity contribution in [3.8, 4) is 0 Å². The first-order chi connectivity index (χ1) is 8.51. The molecule has 0 spiro atoms. The Hall–Kier alpha value is -1.76. The molecule has 4 N–H and O–H groups in total. The third-order valence-corrected chi connectivity index (χ3v) is 3.60. The molecule has 2 amide bonds. The van der Waals surface area contributed by atoms with Crippen LogP contribution in [0.15, 0.2) is 23.1 Å². The van der Waals surface area contributed by atoms with Crippen molar-refractivity contribution in [2.24, 2.45) is 0 Å². The predicted molar refractivity (Wildman–Crippen MR) is 74.2 cm³/mol. The van der Waals surface area contributed by atoms with E-state index in [1.807, 2.05) is 4.72 Å². The molecule has 0 aliphatic rings. The summed E-state index contributed by atoms with van der Waals surface area (Å²) >= 11 is 0. The molecule has 6 nitrogen and oxygen atoms in total. The van der Waals surface area contributed by atoms with Crippen molar-refractivity contribution in [1.82, 2.24) is 10.0 Å². The average Bonchev–Trinajstić information content (AvgIpc) is 2.17. The summed E-state index contributed by atoms with van der Waals surface area (Å²) in [5, 5.41) is 2.52. The number of benzene rings is 1. The fourth-order valence-electron chi connectivity index (χ4n) is 1.36. The molecule has 0 aromatic heterocycles. The smallest absolute Gasteiger partial charge is 0.329 e. The standard InChI is InChI=1S/C12H19N3O3S/c1-8-7-9(5-6-10(8)13)19(17,18)15-11(16)14-12(2,3)4/h5-7H,13H2,1-4H3,(H2,14,15,16). The first kappa shape index (κ1) is 15.3. The normalized spacial score (nSPS) is 12.0. The third-order valence-electron chi connectivity index (χ3n) is 2.27. The van der Waals surface area contributed by atoms with Gasteiger partial charge in [-0.3, -0.25) is 0 Å². The topological polar surface area (TPSA) is 101 Å². The van der Waals surface area contributed by atoms with Gasteiger partial charge in [-0.25, -0.2) is 17.9 Å². The largest absolute Gasteiger partial charge is 0.399 e. The molecule has 0 aliphatic heterocycles. The summed E-state index contributed by atoms with van der Waals surface area (Å²) in [4.78, 5) is 11.6. The van der Waals surface area contributed by atoms with Crippen LogP contribution < -0.4 is 15.8 Å². The van der Waals surface area contributed by atoms with E-state index >= 15 is 0 Å². The number of carbonyl (C=O) groups is 1. The van der Waals surface area contributed by atoms with Gasteiger partial charge in [0, 0.05) is 11.2 Å². The van der Waals surface area contributed by atoms with Crippen LogP contribution in [0.2, 0.25) is 0 Å². The van der Waals surface area contributed by atoms with E-state index in [-0.39, 0.29) is 4.90 Å². The monoisotopic (exact) mass is 285 g/mol. The number of carbonyl (C=O) groups excluding carboxylic acids is 1. The SMILES string of the molecule is Cc1cc(S(=O)(=O)NC(=O)NC(C)(C)C)ccc1N. The lowest BCUT2D eigenvalue weighted by Crippen LogP contribution is -2.48. The number of hydrogen-bond acceptors (Lipinski definition) is 4. The maximum atomic E-state index is 12.0. The molecule has 19 heavy (non-hydrogen) atoms. The van der Waals surface area contributed by atoms with Crippen LogP contribution in [0.4, 0.5) is 10.5 Å². The van der Waals surface area contributed by atoms with Crippen molar-refractivity contribution >= 4 is 21.7 Å². The van der Waals surface area contributed by atoms with E-state index in [1.54, 1.807) is 27.7 Å². The van der Waals surface area contributed by atoms with Crippen LogP contribution in [0.1, 0.15) is 26.3 Å². The average molecular weight is 285 g/mol. The second-order valence-corrected chi connectivity index (χ2v) is 7.01. The van der Waals surface area contributed by atoms with Crippen LogP contribution in [-0.4, -0.2) is 20.0 Å². The highest BCUT2D eigenvalue weighted by Gasteiger charge is 2.21. The van der Waals surface area contributed by atoms with Crippen molar-refractivity contribution in [2.75, 3.05) is 5.73 Å². The minimum atomic E-state index is -3.89. The molecular formula is C12H19N3O3S. The Morgan fingerprint density at radius 1 is 1.26 bits per heavy atom. The minimum Gasteiger partial charge on any atom is -0.399 e. The molecule has 7 heteroatoms. The van der Waals surface area contributed by atoms with Gasteiger partial charge in [-0.1, -0.05) is 0 Å². The fraction of sp³-hybridized carbons (Fsp3) is 0.417. The Morgan fingerprint density at radius 2 is 1.84 bits per heavy atom. The highest BCUT2D eigenvalue weighted by Crippen LogP contribution is 2.16. The Bertz CT molecular complexity index is 589. The van der Waals surface area contributed by atoms with E-state index < -0.39 is 21.6 Å². The van der Waals surface area contributed by atoms with E-state index in [9.17, 15) is 13.2 Å². The number of rotatable bonds is 2. The lowest BCUT2D eigenvalue weighted by Gasteiger charge is -2.20. The number of sulfonamides is 1. The summed E-state index contributed by atoms with van der Waals surface area (Å²) in [7, 11) is -3.89. The molecule has 1 rings (SSSR count). The lowest BCUT2D eigenvalue weighted by atomic mass is 10.1. The number of amides is 2. The summed E-state index contributed by atoms with van der Waals surface area (Å²) in [6.45, 7) is 6.97. The summed E-state index contributed by atoms with van der Waals surface area (Å²) in [5.41, 5.74) is 6.24. The van der Waals surface area contributed by atoms with Gasteiger partial charge in [0.15, 0.2) is 0 Å². The summed E-state index contributed by atoms with van der Waals surface area (Å²) < 4.78 is 25.9. The first-order valence-electron chi connectivity index (χ1n) is 5.72. The highest BCUT2D eigenvalue weighted by atomic mass is 32.2. The third kappa shape index (κ3) is 4.44. The van der Waals surface area contributed by atoms with E-state index in [1.165, 1.54) is 18.2 Å². The van der Waals surface area contributed by atoms with Crippen molar-refractivity contribution in [3.63, 3.8) is 0 Å². The van der Waals surface area contributed by atoms with Crippen LogP contribution in [0.5, 0.6) is 0 Å². The molecule has 0 saturated heterocycles. The lowest BCUT2D eigenvalue weighted by molar-refractivity contribution is 0.237. The number of nitrogens with one attached hydrogen (secondary N) is 2. The number of aryl methyl sites for hydroxylation is 1. The Balaban J connectivity index is 2.93. The molecule has 0 heterocycles. The maximum Gasteiger partial charge on any atom is 0.329 e. The minimum absolute atomic E-state index is 0.00302. The number of hydrogen-bond donors (Lipinski definition) is 3. The zero-order valence-corrected chi connectivity index (χ0v) is 12.3. The summed E-state index contributed by atoms with van der Waals surface area (Å²) in [6.07, 6.45) is 0. The summed E-state index contributed by atoms with van der Waals surface area (Å²) in [5.74, 6) is 0. The first-order valence-corrected chi connectivity index (χ1v) is 7.21. The molecule has 1 aromatic rings.